The number of hydrogen-bond donors (Lipinski definition) is 2. The molecule has 0 spiro atoms. The third-order valence-corrected chi connectivity index (χ3v) is 4.42. The van der Waals surface area contributed by atoms with Crippen molar-refractivity contribution < 1.29 is 9.47 Å². The van der Waals surface area contributed by atoms with Gasteiger partial charge in [0.25, 0.3) is 0 Å². The predicted molar refractivity (Wildman–Crippen MR) is 124 cm³/mol. The molecule has 1 fully saturated rings. The Labute approximate surface area is 181 Å². The van der Waals surface area contributed by atoms with Gasteiger partial charge in [0.1, 0.15) is 0 Å². The number of nitrogens with zero attached hydrogens (tertiary/aromatic N) is 2. The number of aliphatic imine (C=N–C) groups is 1. The highest BCUT2D eigenvalue weighted by Crippen LogP contribution is 2.20. The molecule has 1 aromatic carbocycles. The van der Waals surface area contributed by atoms with Crippen LogP contribution in [0, 0.1) is 6.92 Å². The molecule has 1 heterocycles. The first-order chi connectivity index (χ1) is 12.7. The summed E-state index contributed by atoms with van der Waals surface area (Å²) in [5.41, 5.74) is 2.60. The van der Waals surface area contributed by atoms with Crippen molar-refractivity contribution in [2.75, 3.05) is 58.0 Å². The zero-order valence-corrected chi connectivity index (χ0v) is 19.2. The van der Waals surface area contributed by atoms with E-state index in [4.69, 9.17) is 9.47 Å². The Morgan fingerprint density at radius 3 is 2.70 bits per heavy atom. The second-order valence-electron chi connectivity index (χ2n) is 6.63. The molecule has 1 aliphatic rings. The quantitative estimate of drug-likeness (QED) is 0.229. The van der Waals surface area contributed by atoms with Crippen LogP contribution in [0.15, 0.2) is 29.3 Å². The Bertz CT molecular complexity index is 539. The highest BCUT2D eigenvalue weighted by molar-refractivity contribution is 14.0. The molecule has 1 saturated heterocycles. The number of anilines is 1. The molecule has 1 aliphatic heterocycles. The highest BCUT2D eigenvalue weighted by atomic mass is 127. The van der Waals surface area contributed by atoms with Gasteiger partial charge in [-0.3, -0.25) is 4.99 Å². The Balaban J connectivity index is 0.00000364. The van der Waals surface area contributed by atoms with E-state index >= 15 is 0 Å². The van der Waals surface area contributed by atoms with E-state index in [2.05, 4.69) is 58.6 Å². The summed E-state index contributed by atoms with van der Waals surface area (Å²) in [7, 11) is 1.69. The number of aryl methyl sites for hydroxylation is 1. The lowest BCUT2D eigenvalue weighted by Gasteiger charge is -2.20. The maximum atomic E-state index is 5.48. The number of guanidine groups is 1. The average Bonchev–Trinajstić information content (AvgIpc) is 3.10. The van der Waals surface area contributed by atoms with Crippen molar-refractivity contribution in [3.8, 4) is 0 Å². The number of halogens is 1. The zero-order valence-electron chi connectivity index (χ0n) is 16.9. The number of ether oxygens (including phenoxy) is 2. The Morgan fingerprint density at radius 1 is 1.22 bits per heavy atom. The number of methoxy groups -OCH3 is 1. The first-order valence-corrected chi connectivity index (χ1v) is 9.66. The van der Waals surface area contributed by atoms with E-state index in [1.165, 1.54) is 11.3 Å². The molecule has 27 heavy (non-hydrogen) atoms. The Morgan fingerprint density at radius 2 is 2.00 bits per heavy atom. The van der Waals surface area contributed by atoms with Crippen LogP contribution < -0.4 is 15.5 Å². The van der Waals surface area contributed by atoms with Crippen LogP contribution in [0.4, 0.5) is 5.69 Å². The number of nitrogens with one attached hydrogen (secondary N) is 2. The summed E-state index contributed by atoms with van der Waals surface area (Å²) >= 11 is 0. The molecule has 0 saturated carbocycles. The molecule has 0 radical (unpaired) electrons. The van der Waals surface area contributed by atoms with Gasteiger partial charge in [-0.25, -0.2) is 0 Å². The molecule has 1 unspecified atom stereocenters. The summed E-state index contributed by atoms with van der Waals surface area (Å²) in [6, 6.07) is 9.19. The van der Waals surface area contributed by atoms with Crippen molar-refractivity contribution in [1.82, 2.24) is 10.6 Å². The smallest absolute Gasteiger partial charge is 0.191 e. The maximum Gasteiger partial charge on any atom is 0.191 e. The van der Waals surface area contributed by atoms with E-state index in [0.717, 1.165) is 51.6 Å². The molecule has 154 valence electrons. The minimum absolute atomic E-state index is 0. The largest absolute Gasteiger partial charge is 0.382 e. The van der Waals surface area contributed by atoms with Crippen LogP contribution in [-0.4, -0.2) is 65.1 Å². The first kappa shape index (κ1) is 24.0. The summed E-state index contributed by atoms with van der Waals surface area (Å²) in [5.74, 6) is 0.903. The molecule has 0 aliphatic carbocycles. The summed E-state index contributed by atoms with van der Waals surface area (Å²) in [6.07, 6.45) is 2.04. The molecule has 2 rings (SSSR count). The number of rotatable bonds is 10. The van der Waals surface area contributed by atoms with E-state index in [0.29, 0.717) is 19.3 Å². The molecule has 0 aromatic heterocycles. The number of benzene rings is 1. The van der Waals surface area contributed by atoms with Crippen molar-refractivity contribution in [3.63, 3.8) is 0 Å². The Kier molecular flexibility index (Phi) is 12.4. The van der Waals surface area contributed by atoms with Gasteiger partial charge in [-0.1, -0.05) is 17.7 Å². The summed E-state index contributed by atoms with van der Waals surface area (Å²) in [5, 5.41) is 6.92. The van der Waals surface area contributed by atoms with Crippen LogP contribution in [0.25, 0.3) is 0 Å². The minimum Gasteiger partial charge on any atom is -0.382 e. The van der Waals surface area contributed by atoms with Gasteiger partial charge in [0.05, 0.1) is 13.2 Å². The van der Waals surface area contributed by atoms with Gasteiger partial charge in [0.2, 0.25) is 0 Å². The second-order valence-corrected chi connectivity index (χ2v) is 6.63. The van der Waals surface area contributed by atoms with Gasteiger partial charge in [-0.2, -0.15) is 0 Å². The van der Waals surface area contributed by atoms with Crippen LogP contribution in [0.1, 0.15) is 25.3 Å². The standard InChI is InChI=1S/C20H34N4O2.HI/c1-4-21-20(22-11-5-13-26-15-14-25-3)23-18-10-12-24(16-18)19-8-6-17(2)7-9-19;/h6-9,18H,4-5,10-16H2,1-3H3,(H2,21,22,23);1H. The lowest BCUT2D eigenvalue weighted by molar-refractivity contribution is 0.0702. The third-order valence-electron chi connectivity index (χ3n) is 4.42. The van der Waals surface area contributed by atoms with Gasteiger partial charge in [-0.05, 0) is 38.8 Å². The molecule has 0 bridgehead atoms. The van der Waals surface area contributed by atoms with E-state index in [-0.39, 0.29) is 24.0 Å². The van der Waals surface area contributed by atoms with Crippen LogP contribution in [0.3, 0.4) is 0 Å². The summed E-state index contributed by atoms with van der Waals surface area (Å²) in [4.78, 5) is 7.10. The summed E-state index contributed by atoms with van der Waals surface area (Å²) < 4.78 is 10.4. The molecule has 2 N–H and O–H groups in total. The van der Waals surface area contributed by atoms with Crippen LogP contribution in [-0.2, 0) is 9.47 Å². The lowest BCUT2D eigenvalue weighted by Crippen LogP contribution is -2.44. The molecule has 0 amide bonds. The first-order valence-electron chi connectivity index (χ1n) is 9.66. The maximum absolute atomic E-state index is 5.48. The molecular formula is C20H35IN4O2. The van der Waals surface area contributed by atoms with E-state index < -0.39 is 0 Å². The highest BCUT2D eigenvalue weighted by Gasteiger charge is 2.23. The van der Waals surface area contributed by atoms with E-state index in [1.54, 1.807) is 7.11 Å². The predicted octanol–water partition coefficient (Wildman–Crippen LogP) is 2.80. The fraction of sp³-hybridized carbons (Fsp3) is 0.650. The van der Waals surface area contributed by atoms with Gasteiger partial charge in [0, 0.05) is 51.6 Å². The molecule has 1 aromatic rings. The van der Waals surface area contributed by atoms with Crippen molar-refractivity contribution in [2.24, 2.45) is 4.99 Å². The van der Waals surface area contributed by atoms with Crippen molar-refractivity contribution in [1.29, 1.82) is 0 Å². The normalized spacial score (nSPS) is 16.9. The average molecular weight is 490 g/mol. The van der Waals surface area contributed by atoms with Crippen molar-refractivity contribution in [3.05, 3.63) is 29.8 Å². The zero-order chi connectivity index (χ0) is 18.6. The fourth-order valence-electron chi connectivity index (χ4n) is 2.98. The van der Waals surface area contributed by atoms with Crippen molar-refractivity contribution in [2.45, 2.75) is 32.7 Å². The van der Waals surface area contributed by atoms with Gasteiger partial charge in [0.15, 0.2) is 5.96 Å². The second kappa shape index (κ2) is 14.0. The van der Waals surface area contributed by atoms with Crippen LogP contribution in [0.5, 0.6) is 0 Å². The van der Waals surface area contributed by atoms with Crippen LogP contribution in [0.2, 0.25) is 0 Å². The van der Waals surface area contributed by atoms with Crippen LogP contribution >= 0.6 is 24.0 Å². The fourth-order valence-corrected chi connectivity index (χ4v) is 2.98. The van der Waals surface area contributed by atoms with E-state index in [9.17, 15) is 0 Å². The van der Waals surface area contributed by atoms with Crippen molar-refractivity contribution >= 4 is 35.6 Å². The third kappa shape index (κ3) is 9.12. The van der Waals surface area contributed by atoms with Gasteiger partial charge < -0.3 is 25.0 Å². The Hall–Kier alpha value is -1.06. The molecule has 1 atom stereocenters. The molecule has 6 nitrogen and oxygen atoms in total. The van der Waals surface area contributed by atoms with Gasteiger partial charge >= 0.3 is 0 Å². The lowest BCUT2D eigenvalue weighted by atomic mass is 10.2. The van der Waals surface area contributed by atoms with E-state index in [1.807, 2.05) is 0 Å². The monoisotopic (exact) mass is 490 g/mol. The SMILES string of the molecule is CCNC(=NCCCOCCOC)NC1CCN(c2ccc(C)cc2)C1.I. The topological polar surface area (TPSA) is 58.1 Å². The number of hydrogen-bond acceptors (Lipinski definition) is 4. The van der Waals surface area contributed by atoms with Gasteiger partial charge in [-0.15, -0.1) is 24.0 Å². The molecule has 7 heteroatoms. The molecular weight excluding hydrogens is 455 g/mol. The minimum atomic E-state index is 0. The summed E-state index contributed by atoms with van der Waals surface area (Å²) in [6.45, 7) is 9.94.